The normalized spacial score (nSPS) is 17.6. The predicted molar refractivity (Wildman–Crippen MR) is 132 cm³/mol. The standard InChI is InChI=1S/C28H26O8/c1-5-16(2)27(32)36-28(3,4)26-25(35-21(30)14-8-17-6-11-19(29)12-7-17)23-20(33-26)13-9-18-10-15-22(31)34-24(18)23/h5-15,25-26,29H,1-4H3/b14-8+,16-5-/t25-,26+/m1/s1. The molecule has 0 bridgehead atoms. The Hall–Kier alpha value is -4.33. The van der Waals surface area contributed by atoms with Gasteiger partial charge in [0.15, 0.2) is 12.2 Å². The third-order valence-corrected chi connectivity index (χ3v) is 5.95. The minimum absolute atomic E-state index is 0.107. The first-order valence-corrected chi connectivity index (χ1v) is 11.4. The Bertz CT molecular complexity index is 1430. The monoisotopic (exact) mass is 490 g/mol. The number of benzene rings is 2. The average molecular weight is 491 g/mol. The number of rotatable bonds is 6. The van der Waals surface area contributed by atoms with Crippen molar-refractivity contribution in [3.63, 3.8) is 0 Å². The highest BCUT2D eigenvalue weighted by Gasteiger charge is 2.50. The maximum absolute atomic E-state index is 12.9. The Kier molecular flexibility index (Phi) is 6.70. The van der Waals surface area contributed by atoms with E-state index in [-0.39, 0.29) is 11.3 Å². The van der Waals surface area contributed by atoms with Crippen LogP contribution in [0.5, 0.6) is 11.5 Å². The molecule has 1 aromatic heterocycles. The molecular weight excluding hydrogens is 464 g/mol. The molecule has 0 saturated heterocycles. The van der Waals surface area contributed by atoms with Crippen molar-refractivity contribution >= 4 is 29.0 Å². The molecule has 0 radical (unpaired) electrons. The van der Waals surface area contributed by atoms with Crippen LogP contribution in [-0.4, -0.2) is 28.8 Å². The van der Waals surface area contributed by atoms with E-state index >= 15 is 0 Å². The Morgan fingerprint density at radius 2 is 1.75 bits per heavy atom. The number of allylic oxidation sites excluding steroid dienone is 1. The summed E-state index contributed by atoms with van der Waals surface area (Å²) in [5.74, 6) is -0.753. The van der Waals surface area contributed by atoms with E-state index in [1.54, 1.807) is 64.1 Å². The maximum Gasteiger partial charge on any atom is 0.336 e. The lowest BCUT2D eigenvalue weighted by Gasteiger charge is -2.33. The van der Waals surface area contributed by atoms with Crippen LogP contribution in [0.3, 0.4) is 0 Å². The minimum atomic E-state index is -1.23. The highest BCUT2D eigenvalue weighted by molar-refractivity contribution is 5.89. The molecule has 2 atom stereocenters. The van der Waals surface area contributed by atoms with Crippen molar-refractivity contribution in [2.24, 2.45) is 0 Å². The fourth-order valence-electron chi connectivity index (χ4n) is 3.89. The van der Waals surface area contributed by atoms with Crippen molar-refractivity contribution in [2.75, 3.05) is 0 Å². The molecule has 3 aromatic rings. The molecule has 1 aliphatic heterocycles. The second-order valence-corrected chi connectivity index (χ2v) is 8.94. The molecule has 0 unspecified atom stereocenters. The summed E-state index contributed by atoms with van der Waals surface area (Å²) >= 11 is 0. The molecular formula is C28H26O8. The van der Waals surface area contributed by atoms with E-state index < -0.39 is 35.4 Å². The van der Waals surface area contributed by atoms with Gasteiger partial charge in [0.1, 0.15) is 22.7 Å². The zero-order chi connectivity index (χ0) is 26.0. The molecule has 0 fully saturated rings. The largest absolute Gasteiger partial charge is 0.508 e. The molecule has 8 heteroatoms. The smallest absolute Gasteiger partial charge is 0.336 e. The third-order valence-electron chi connectivity index (χ3n) is 5.95. The van der Waals surface area contributed by atoms with Gasteiger partial charge < -0.3 is 23.7 Å². The van der Waals surface area contributed by atoms with E-state index in [4.69, 9.17) is 18.6 Å². The van der Waals surface area contributed by atoms with E-state index in [0.29, 0.717) is 27.8 Å². The Balaban J connectivity index is 1.71. The van der Waals surface area contributed by atoms with Crippen LogP contribution in [0.2, 0.25) is 0 Å². The molecule has 36 heavy (non-hydrogen) atoms. The molecule has 8 nitrogen and oxygen atoms in total. The molecule has 0 aliphatic carbocycles. The lowest BCUT2D eigenvalue weighted by molar-refractivity contribution is -0.172. The molecule has 0 spiro atoms. The number of aromatic hydroxyl groups is 1. The molecule has 0 amide bonds. The molecule has 186 valence electrons. The lowest BCUT2D eigenvalue weighted by Crippen LogP contribution is -2.46. The summed E-state index contributed by atoms with van der Waals surface area (Å²) in [6.07, 6.45) is 2.45. The SMILES string of the molecule is C/C=C(/C)C(=O)OC(C)(C)[C@H]1Oc2ccc3ccc(=O)oc3c2[C@H]1OC(=O)/C=C/c1ccc(O)cc1. The van der Waals surface area contributed by atoms with Gasteiger partial charge in [0.2, 0.25) is 0 Å². The number of fused-ring (bicyclic) bond motifs is 3. The summed E-state index contributed by atoms with van der Waals surface area (Å²) in [4.78, 5) is 37.4. The van der Waals surface area contributed by atoms with Crippen LogP contribution < -0.4 is 10.4 Å². The van der Waals surface area contributed by atoms with Gasteiger partial charge in [-0.15, -0.1) is 0 Å². The summed E-state index contributed by atoms with van der Waals surface area (Å²) < 4.78 is 23.2. The summed E-state index contributed by atoms with van der Waals surface area (Å²) in [6, 6.07) is 12.6. The first-order chi connectivity index (χ1) is 17.1. The highest BCUT2D eigenvalue weighted by Crippen LogP contribution is 2.47. The van der Waals surface area contributed by atoms with Crippen LogP contribution in [0, 0.1) is 0 Å². The lowest BCUT2D eigenvalue weighted by atomic mass is 9.93. The summed E-state index contributed by atoms with van der Waals surface area (Å²) in [5, 5.41) is 10.1. The first-order valence-electron chi connectivity index (χ1n) is 11.4. The van der Waals surface area contributed by atoms with E-state index in [1.165, 1.54) is 30.4 Å². The van der Waals surface area contributed by atoms with Crippen molar-refractivity contribution < 1.29 is 33.3 Å². The van der Waals surface area contributed by atoms with Crippen molar-refractivity contribution in [2.45, 2.75) is 45.5 Å². The highest BCUT2D eigenvalue weighted by atomic mass is 16.6. The number of hydrogen-bond donors (Lipinski definition) is 1. The van der Waals surface area contributed by atoms with Gasteiger partial charge in [-0.05, 0) is 69.7 Å². The van der Waals surface area contributed by atoms with Gasteiger partial charge >= 0.3 is 17.6 Å². The number of carbonyl (C=O) groups is 2. The van der Waals surface area contributed by atoms with Crippen LogP contribution >= 0.6 is 0 Å². The summed E-state index contributed by atoms with van der Waals surface area (Å²) in [7, 11) is 0. The van der Waals surface area contributed by atoms with Crippen molar-refractivity contribution in [1.29, 1.82) is 0 Å². The number of carbonyl (C=O) groups excluding carboxylic acids is 2. The van der Waals surface area contributed by atoms with Gasteiger partial charge in [-0.1, -0.05) is 18.2 Å². The second-order valence-electron chi connectivity index (χ2n) is 8.94. The number of hydrogen-bond acceptors (Lipinski definition) is 8. The molecule has 1 N–H and O–H groups in total. The van der Waals surface area contributed by atoms with Crippen molar-refractivity contribution in [3.05, 3.63) is 87.8 Å². The van der Waals surface area contributed by atoms with Gasteiger partial charge in [-0.25, -0.2) is 14.4 Å². The summed E-state index contributed by atoms with van der Waals surface area (Å²) in [6.45, 7) is 6.69. The number of esters is 2. The van der Waals surface area contributed by atoms with Crippen LogP contribution in [0.15, 0.2) is 75.5 Å². The van der Waals surface area contributed by atoms with Crippen LogP contribution in [0.25, 0.3) is 17.0 Å². The van der Waals surface area contributed by atoms with Gasteiger partial charge in [0.05, 0.1) is 5.56 Å². The minimum Gasteiger partial charge on any atom is -0.508 e. The zero-order valence-electron chi connectivity index (χ0n) is 20.3. The molecule has 2 aromatic carbocycles. The van der Waals surface area contributed by atoms with Gasteiger partial charge in [0.25, 0.3) is 0 Å². The Morgan fingerprint density at radius 3 is 2.44 bits per heavy atom. The van der Waals surface area contributed by atoms with E-state index in [1.807, 2.05) is 0 Å². The van der Waals surface area contributed by atoms with Crippen LogP contribution in [-0.2, 0) is 19.1 Å². The predicted octanol–water partition coefficient (Wildman–Crippen LogP) is 4.85. The molecule has 2 heterocycles. The maximum atomic E-state index is 12.9. The first kappa shape index (κ1) is 24.8. The third kappa shape index (κ3) is 5.02. The van der Waals surface area contributed by atoms with Gasteiger partial charge in [-0.2, -0.15) is 0 Å². The average Bonchev–Trinajstić information content (AvgIpc) is 3.22. The van der Waals surface area contributed by atoms with E-state index in [0.717, 1.165) is 0 Å². The number of phenols is 1. The Labute approximate surface area is 207 Å². The van der Waals surface area contributed by atoms with Gasteiger partial charge in [-0.3, -0.25) is 0 Å². The molecule has 4 rings (SSSR count). The fraction of sp³-hybridized carbons (Fsp3) is 0.250. The van der Waals surface area contributed by atoms with Crippen LogP contribution in [0.1, 0.15) is 44.9 Å². The molecule has 0 saturated carbocycles. The fourth-order valence-corrected chi connectivity index (χ4v) is 3.89. The second kappa shape index (κ2) is 9.73. The quantitative estimate of drug-likeness (QED) is 0.297. The van der Waals surface area contributed by atoms with Crippen molar-refractivity contribution in [1.82, 2.24) is 0 Å². The Morgan fingerprint density at radius 1 is 1.06 bits per heavy atom. The number of ether oxygens (including phenoxy) is 3. The zero-order valence-corrected chi connectivity index (χ0v) is 20.3. The number of phenolic OH excluding ortho intramolecular Hbond substituents is 1. The molecule has 1 aliphatic rings. The van der Waals surface area contributed by atoms with E-state index in [9.17, 15) is 19.5 Å². The van der Waals surface area contributed by atoms with Gasteiger partial charge in [0, 0.05) is 23.1 Å². The van der Waals surface area contributed by atoms with E-state index in [2.05, 4.69) is 0 Å². The topological polar surface area (TPSA) is 112 Å². The van der Waals surface area contributed by atoms with Crippen LogP contribution in [0.4, 0.5) is 0 Å². The summed E-state index contributed by atoms with van der Waals surface area (Å²) in [5.41, 5.74) is -0.0840. The van der Waals surface area contributed by atoms with Crippen molar-refractivity contribution in [3.8, 4) is 11.5 Å².